The lowest BCUT2D eigenvalue weighted by Gasteiger charge is -2.34. The predicted molar refractivity (Wildman–Crippen MR) is 125 cm³/mol. The number of carbonyl (C=O) groups is 1. The van der Waals surface area contributed by atoms with Crippen LogP contribution in [0.5, 0.6) is 5.88 Å². The standard InChI is InChI=1S/C23H26FN5O4S/c1-22(18-6-23(18,12-31-2)34-21(25)29-22)15-5-14(3-4-16(15)24)28-20(30)17-7-27-19(8-26-17)33-11-13-9-32-10-13/h3-5,7-8,13,18H,6,9-12H2,1-2H3,(H2,25,29)(H,28,30)/t18?,22-,23-/m1/s1. The summed E-state index contributed by atoms with van der Waals surface area (Å²) in [6.07, 6.45) is 3.57. The van der Waals surface area contributed by atoms with E-state index in [0.29, 0.717) is 54.6 Å². The van der Waals surface area contributed by atoms with Crippen molar-refractivity contribution >= 4 is 28.5 Å². The van der Waals surface area contributed by atoms with Gasteiger partial charge in [0.25, 0.3) is 5.91 Å². The molecule has 3 atom stereocenters. The third kappa shape index (κ3) is 4.23. The number of hydrogen-bond donors (Lipinski definition) is 2. The summed E-state index contributed by atoms with van der Waals surface area (Å²) in [5.41, 5.74) is 6.19. The summed E-state index contributed by atoms with van der Waals surface area (Å²) in [6, 6.07) is 4.45. The molecule has 2 fully saturated rings. The summed E-state index contributed by atoms with van der Waals surface area (Å²) in [4.78, 5) is 25.6. The third-order valence-electron chi connectivity index (χ3n) is 6.55. The van der Waals surface area contributed by atoms with Gasteiger partial charge < -0.3 is 25.3 Å². The van der Waals surface area contributed by atoms with Gasteiger partial charge in [-0.1, -0.05) is 11.8 Å². The van der Waals surface area contributed by atoms with Crippen LogP contribution in [0.25, 0.3) is 0 Å². The van der Waals surface area contributed by atoms with E-state index in [1.165, 1.54) is 36.3 Å². The molecule has 11 heteroatoms. The zero-order valence-electron chi connectivity index (χ0n) is 18.9. The Morgan fingerprint density at radius 1 is 1.35 bits per heavy atom. The minimum absolute atomic E-state index is 0.0719. The summed E-state index contributed by atoms with van der Waals surface area (Å²) >= 11 is 1.49. The fourth-order valence-electron chi connectivity index (χ4n) is 4.61. The van der Waals surface area contributed by atoms with Crippen molar-refractivity contribution in [1.82, 2.24) is 9.97 Å². The monoisotopic (exact) mass is 487 g/mol. The molecule has 0 spiro atoms. The summed E-state index contributed by atoms with van der Waals surface area (Å²) in [6.45, 7) is 4.25. The minimum Gasteiger partial charge on any atom is -0.476 e. The van der Waals surface area contributed by atoms with Crippen LogP contribution in [0.1, 0.15) is 29.4 Å². The van der Waals surface area contributed by atoms with E-state index < -0.39 is 17.3 Å². The number of nitrogens with zero attached hydrogens (tertiary/aromatic N) is 3. The summed E-state index contributed by atoms with van der Waals surface area (Å²) < 4.78 is 30.8. The molecular weight excluding hydrogens is 461 g/mol. The molecule has 2 aromatic rings. The minimum atomic E-state index is -0.858. The molecule has 3 heterocycles. The van der Waals surface area contributed by atoms with Crippen molar-refractivity contribution in [1.29, 1.82) is 0 Å². The van der Waals surface area contributed by atoms with Gasteiger partial charge in [0, 0.05) is 30.2 Å². The Labute approximate surface area is 200 Å². The van der Waals surface area contributed by atoms with Crippen LogP contribution < -0.4 is 15.8 Å². The molecule has 1 aromatic heterocycles. The van der Waals surface area contributed by atoms with Gasteiger partial charge in [0.1, 0.15) is 11.5 Å². The highest BCUT2D eigenvalue weighted by Gasteiger charge is 2.66. The van der Waals surface area contributed by atoms with Crippen LogP contribution in [0.15, 0.2) is 35.6 Å². The first kappa shape index (κ1) is 23.0. The number of aromatic nitrogens is 2. The van der Waals surface area contributed by atoms with Gasteiger partial charge in [0.05, 0.1) is 49.1 Å². The number of benzene rings is 1. The van der Waals surface area contributed by atoms with Crippen molar-refractivity contribution in [3.63, 3.8) is 0 Å². The topological polar surface area (TPSA) is 121 Å². The summed E-state index contributed by atoms with van der Waals surface area (Å²) in [5.74, 6) is -0.0912. The normalized spacial score (nSPS) is 27.9. The third-order valence-corrected chi connectivity index (χ3v) is 7.82. The first-order valence-corrected chi connectivity index (χ1v) is 11.8. The van der Waals surface area contributed by atoms with Crippen molar-refractivity contribution < 1.29 is 23.4 Å². The average Bonchev–Trinajstić information content (AvgIpc) is 3.49. The van der Waals surface area contributed by atoms with E-state index in [2.05, 4.69) is 20.3 Å². The van der Waals surface area contributed by atoms with Crippen LogP contribution in [0.4, 0.5) is 10.1 Å². The maximum atomic E-state index is 15.0. The molecule has 1 aliphatic carbocycles. The average molecular weight is 488 g/mol. The number of anilines is 1. The number of halogens is 1. The van der Waals surface area contributed by atoms with Crippen LogP contribution in [-0.2, 0) is 15.0 Å². The summed E-state index contributed by atoms with van der Waals surface area (Å²) in [7, 11) is 1.64. The quantitative estimate of drug-likeness (QED) is 0.583. The lowest BCUT2D eigenvalue weighted by molar-refractivity contribution is -0.0514. The maximum Gasteiger partial charge on any atom is 0.275 e. The molecule has 1 amide bonds. The lowest BCUT2D eigenvalue weighted by atomic mass is 9.85. The van der Waals surface area contributed by atoms with Crippen LogP contribution in [-0.4, -0.2) is 59.3 Å². The van der Waals surface area contributed by atoms with Gasteiger partial charge in [-0.15, -0.1) is 0 Å². The zero-order chi connectivity index (χ0) is 23.9. The molecule has 0 radical (unpaired) electrons. The second kappa shape index (κ2) is 8.79. The zero-order valence-corrected chi connectivity index (χ0v) is 19.7. The van der Waals surface area contributed by atoms with E-state index in [9.17, 15) is 9.18 Å². The first-order valence-electron chi connectivity index (χ1n) is 11.0. The van der Waals surface area contributed by atoms with Crippen molar-refractivity contribution in [2.75, 3.05) is 38.9 Å². The maximum absolute atomic E-state index is 15.0. The van der Waals surface area contributed by atoms with E-state index in [4.69, 9.17) is 19.9 Å². The second-order valence-electron chi connectivity index (χ2n) is 9.06. The molecule has 1 aromatic carbocycles. The number of nitrogens with two attached hydrogens (primary N) is 1. The predicted octanol–water partition coefficient (Wildman–Crippen LogP) is 2.58. The SMILES string of the molecule is COC[C@]12CC1[C@@](C)(c1cc(NC(=O)c3cnc(OCC4COC4)cn3)ccc1F)N=C(N)S2. The van der Waals surface area contributed by atoms with Crippen molar-refractivity contribution in [2.45, 2.75) is 23.6 Å². The van der Waals surface area contributed by atoms with Crippen LogP contribution >= 0.6 is 11.8 Å². The Morgan fingerprint density at radius 2 is 2.18 bits per heavy atom. The molecule has 3 N–H and O–H groups in total. The number of fused-ring (bicyclic) bond motifs is 1. The molecule has 34 heavy (non-hydrogen) atoms. The molecule has 2 aliphatic heterocycles. The van der Waals surface area contributed by atoms with E-state index in [1.54, 1.807) is 13.2 Å². The van der Waals surface area contributed by atoms with Gasteiger partial charge >= 0.3 is 0 Å². The Bertz CT molecular complexity index is 1130. The number of aliphatic imine (C=N–C) groups is 1. The van der Waals surface area contributed by atoms with Crippen molar-refractivity contribution in [3.8, 4) is 5.88 Å². The molecule has 0 bridgehead atoms. The van der Waals surface area contributed by atoms with Crippen molar-refractivity contribution in [2.24, 2.45) is 22.6 Å². The smallest absolute Gasteiger partial charge is 0.275 e. The Kier molecular flexibility index (Phi) is 5.95. The molecule has 1 saturated carbocycles. The number of amides is 1. The second-order valence-corrected chi connectivity index (χ2v) is 10.5. The van der Waals surface area contributed by atoms with Gasteiger partial charge in [0.15, 0.2) is 5.17 Å². The Hall–Kier alpha value is -2.76. The number of rotatable bonds is 8. The number of hydrogen-bond acceptors (Lipinski definition) is 9. The highest BCUT2D eigenvalue weighted by molar-refractivity contribution is 8.15. The number of thioether (sulfide) groups is 1. The van der Waals surface area contributed by atoms with Crippen LogP contribution in [0.3, 0.4) is 0 Å². The van der Waals surface area contributed by atoms with Gasteiger partial charge in [0.2, 0.25) is 5.88 Å². The number of carbonyl (C=O) groups excluding carboxylic acids is 1. The molecular formula is C23H26FN5O4S. The Balaban J connectivity index is 1.31. The number of methoxy groups -OCH3 is 1. The van der Waals surface area contributed by atoms with Gasteiger partial charge in [-0.25, -0.2) is 14.4 Å². The highest BCUT2D eigenvalue weighted by atomic mass is 32.2. The van der Waals surface area contributed by atoms with Crippen molar-refractivity contribution in [3.05, 3.63) is 47.7 Å². The fourth-order valence-corrected chi connectivity index (χ4v) is 6.06. The molecule has 3 aliphatic rings. The highest BCUT2D eigenvalue weighted by Crippen LogP contribution is 2.66. The van der Waals surface area contributed by atoms with Crippen LogP contribution in [0.2, 0.25) is 0 Å². The molecule has 1 saturated heterocycles. The van der Waals surface area contributed by atoms with Crippen LogP contribution in [0, 0.1) is 17.7 Å². The number of amidine groups is 1. The van der Waals surface area contributed by atoms with E-state index >= 15 is 0 Å². The lowest BCUT2D eigenvalue weighted by Crippen LogP contribution is -2.37. The molecule has 1 unspecified atom stereocenters. The van der Waals surface area contributed by atoms with E-state index in [0.717, 1.165) is 6.42 Å². The largest absolute Gasteiger partial charge is 0.476 e. The van der Waals surface area contributed by atoms with E-state index in [1.807, 2.05) is 6.92 Å². The Morgan fingerprint density at radius 3 is 2.85 bits per heavy atom. The summed E-state index contributed by atoms with van der Waals surface area (Å²) in [5, 5.41) is 3.18. The van der Waals surface area contributed by atoms with E-state index in [-0.39, 0.29) is 16.4 Å². The van der Waals surface area contributed by atoms with Gasteiger partial charge in [-0.3, -0.25) is 9.79 Å². The fraction of sp³-hybridized carbons (Fsp3) is 0.478. The number of ether oxygens (including phenoxy) is 3. The first-order chi connectivity index (χ1) is 16.3. The molecule has 180 valence electrons. The molecule has 5 rings (SSSR count). The molecule has 9 nitrogen and oxygen atoms in total. The van der Waals surface area contributed by atoms with Gasteiger partial charge in [-0.05, 0) is 31.5 Å². The van der Waals surface area contributed by atoms with Gasteiger partial charge in [-0.2, -0.15) is 0 Å². The number of nitrogens with one attached hydrogen (secondary N) is 1.